The predicted octanol–water partition coefficient (Wildman–Crippen LogP) is 0.218. The van der Waals surface area contributed by atoms with E-state index in [0.717, 1.165) is 0 Å². The lowest BCUT2D eigenvalue weighted by atomic mass is 10.0. The average molecular weight is 521 g/mol. The molecule has 4 atom stereocenters. The number of carbonyl (C=O) groups is 5. The Morgan fingerprint density at radius 3 is 2.22 bits per heavy atom. The number of carboxylic acids is 2. The average Bonchev–Trinajstić information content (AvgIpc) is 3.32. The molecule has 7 N–H and O–H groups in total. The first-order chi connectivity index (χ1) is 17.4. The zero-order valence-corrected chi connectivity index (χ0v) is 21.1. The lowest BCUT2D eigenvalue weighted by molar-refractivity contribution is -0.149. The zero-order valence-electron chi connectivity index (χ0n) is 21.1. The smallest absolute Gasteiger partial charge is 0.326 e. The van der Waals surface area contributed by atoms with Crippen molar-refractivity contribution < 1.29 is 39.3 Å². The Morgan fingerprint density at radius 2 is 1.65 bits per heavy atom. The number of hydrogen-bond acceptors (Lipinski definition) is 7. The monoisotopic (exact) mass is 520 g/mol. The van der Waals surface area contributed by atoms with Crippen molar-refractivity contribution in [2.75, 3.05) is 6.54 Å². The minimum Gasteiger partial charge on any atom is -0.508 e. The van der Waals surface area contributed by atoms with Crippen LogP contribution in [0, 0.1) is 5.92 Å². The van der Waals surface area contributed by atoms with E-state index in [1.165, 1.54) is 17.0 Å². The standard InChI is InChI=1S/C25H36N4O8/c1-14(2)12-19(24(35)29-11-3-4-20(29)25(36)37)28-23(34)18(9-10-21(31)32)27-22(33)17(26)13-15-5-7-16(30)8-6-15/h5-8,14,17-20,30H,3-4,9-13,26H2,1-2H3,(H,27,33)(H,28,34)(H,31,32)(H,36,37). The van der Waals surface area contributed by atoms with Crippen LogP contribution in [0.4, 0.5) is 0 Å². The van der Waals surface area contributed by atoms with Gasteiger partial charge in [-0.05, 0) is 55.7 Å². The highest BCUT2D eigenvalue weighted by atomic mass is 16.4. The molecule has 3 amide bonds. The molecular formula is C25H36N4O8. The fourth-order valence-corrected chi connectivity index (χ4v) is 4.25. The number of carbonyl (C=O) groups excluding carboxylic acids is 3. The quantitative estimate of drug-likeness (QED) is 0.210. The number of hydrogen-bond donors (Lipinski definition) is 6. The van der Waals surface area contributed by atoms with Gasteiger partial charge in [0.25, 0.3) is 0 Å². The number of amides is 3. The molecule has 12 heteroatoms. The van der Waals surface area contributed by atoms with Gasteiger partial charge in [0.05, 0.1) is 6.04 Å². The lowest BCUT2D eigenvalue weighted by Gasteiger charge is -2.29. The summed E-state index contributed by atoms with van der Waals surface area (Å²) in [5.74, 6) is -4.22. The normalized spacial score (nSPS) is 17.6. The Balaban J connectivity index is 2.14. The number of rotatable bonds is 13. The molecule has 2 rings (SSSR count). The number of likely N-dealkylation sites (tertiary alicyclic amines) is 1. The summed E-state index contributed by atoms with van der Waals surface area (Å²) >= 11 is 0. The van der Waals surface area contributed by atoms with E-state index >= 15 is 0 Å². The van der Waals surface area contributed by atoms with Crippen LogP contribution in [0.25, 0.3) is 0 Å². The van der Waals surface area contributed by atoms with E-state index in [1.807, 2.05) is 13.8 Å². The second kappa shape index (κ2) is 13.6. The number of phenolic OH excluding ortho intramolecular Hbond substituents is 1. The number of aromatic hydroxyl groups is 1. The first-order valence-corrected chi connectivity index (χ1v) is 12.3. The molecule has 0 radical (unpaired) electrons. The van der Waals surface area contributed by atoms with E-state index in [2.05, 4.69) is 10.6 Å². The molecule has 1 aliphatic heterocycles. The number of nitrogens with one attached hydrogen (secondary N) is 2. The number of phenols is 1. The van der Waals surface area contributed by atoms with Crippen LogP contribution in [0.15, 0.2) is 24.3 Å². The van der Waals surface area contributed by atoms with Crippen LogP contribution in [0.1, 0.15) is 51.5 Å². The zero-order chi connectivity index (χ0) is 27.7. The van der Waals surface area contributed by atoms with Gasteiger partial charge in [-0.15, -0.1) is 0 Å². The summed E-state index contributed by atoms with van der Waals surface area (Å²) in [5.41, 5.74) is 6.67. The van der Waals surface area contributed by atoms with Gasteiger partial charge < -0.3 is 36.6 Å². The third kappa shape index (κ3) is 9.05. The van der Waals surface area contributed by atoms with Crippen LogP contribution in [-0.2, 0) is 30.4 Å². The van der Waals surface area contributed by atoms with Crippen molar-refractivity contribution in [2.24, 2.45) is 11.7 Å². The van der Waals surface area contributed by atoms with Gasteiger partial charge in [0.2, 0.25) is 17.7 Å². The maximum absolute atomic E-state index is 13.2. The summed E-state index contributed by atoms with van der Waals surface area (Å²) in [5, 5.41) is 33.1. The van der Waals surface area contributed by atoms with Crippen molar-refractivity contribution in [3.63, 3.8) is 0 Å². The van der Waals surface area contributed by atoms with Crippen LogP contribution in [0.2, 0.25) is 0 Å². The summed E-state index contributed by atoms with van der Waals surface area (Å²) in [4.78, 5) is 63.1. The van der Waals surface area contributed by atoms with Crippen molar-refractivity contribution >= 4 is 29.7 Å². The Hall–Kier alpha value is -3.67. The molecule has 0 spiro atoms. The van der Waals surface area contributed by atoms with Crippen molar-refractivity contribution in [3.05, 3.63) is 29.8 Å². The number of nitrogens with two attached hydrogens (primary N) is 1. The van der Waals surface area contributed by atoms with E-state index in [-0.39, 0.29) is 37.5 Å². The van der Waals surface area contributed by atoms with Crippen LogP contribution in [0.5, 0.6) is 5.75 Å². The molecule has 1 heterocycles. The lowest BCUT2D eigenvalue weighted by Crippen LogP contribution is -2.57. The molecule has 37 heavy (non-hydrogen) atoms. The number of benzene rings is 1. The van der Waals surface area contributed by atoms with Gasteiger partial charge in [-0.25, -0.2) is 4.79 Å². The molecule has 0 aliphatic carbocycles. The van der Waals surface area contributed by atoms with Gasteiger partial charge in [-0.3, -0.25) is 19.2 Å². The summed E-state index contributed by atoms with van der Waals surface area (Å²) in [6, 6.07) is 1.75. The minimum absolute atomic E-state index is 0.0223. The van der Waals surface area contributed by atoms with E-state index in [0.29, 0.717) is 18.4 Å². The Labute approximate surface area is 215 Å². The molecule has 0 saturated carbocycles. The molecule has 1 aliphatic rings. The van der Waals surface area contributed by atoms with Crippen LogP contribution < -0.4 is 16.4 Å². The Kier molecular flexibility index (Phi) is 10.9. The summed E-state index contributed by atoms with van der Waals surface area (Å²) in [7, 11) is 0. The van der Waals surface area contributed by atoms with Crippen LogP contribution in [0.3, 0.4) is 0 Å². The van der Waals surface area contributed by atoms with Gasteiger partial charge in [0, 0.05) is 13.0 Å². The van der Waals surface area contributed by atoms with E-state index in [1.54, 1.807) is 12.1 Å². The fourth-order valence-electron chi connectivity index (χ4n) is 4.25. The van der Waals surface area contributed by atoms with Gasteiger partial charge in [-0.1, -0.05) is 26.0 Å². The predicted molar refractivity (Wildman–Crippen MR) is 132 cm³/mol. The van der Waals surface area contributed by atoms with E-state index in [9.17, 15) is 34.2 Å². The van der Waals surface area contributed by atoms with Crippen molar-refractivity contribution in [3.8, 4) is 5.75 Å². The summed E-state index contributed by atoms with van der Waals surface area (Å²) < 4.78 is 0. The van der Waals surface area contributed by atoms with Gasteiger partial charge in [-0.2, -0.15) is 0 Å². The molecule has 1 aromatic carbocycles. The molecule has 4 unspecified atom stereocenters. The van der Waals surface area contributed by atoms with Gasteiger partial charge in [0.15, 0.2) is 0 Å². The van der Waals surface area contributed by atoms with E-state index < -0.39 is 60.2 Å². The highest BCUT2D eigenvalue weighted by Gasteiger charge is 2.38. The number of nitrogens with zero attached hydrogens (tertiary/aromatic N) is 1. The number of aliphatic carboxylic acids is 2. The molecule has 1 saturated heterocycles. The molecule has 0 bridgehead atoms. The van der Waals surface area contributed by atoms with Crippen molar-refractivity contribution in [1.82, 2.24) is 15.5 Å². The minimum atomic E-state index is -1.27. The van der Waals surface area contributed by atoms with Crippen molar-refractivity contribution in [2.45, 2.75) is 76.5 Å². The molecule has 1 fully saturated rings. The molecule has 1 aromatic rings. The maximum atomic E-state index is 13.2. The topological polar surface area (TPSA) is 199 Å². The largest absolute Gasteiger partial charge is 0.508 e. The molecule has 0 aromatic heterocycles. The second-order valence-corrected chi connectivity index (χ2v) is 9.69. The first-order valence-electron chi connectivity index (χ1n) is 12.3. The number of carboxylic acid groups (broad SMARTS) is 2. The van der Waals surface area contributed by atoms with Gasteiger partial charge >= 0.3 is 11.9 Å². The van der Waals surface area contributed by atoms with Crippen LogP contribution in [-0.4, -0.2) is 80.6 Å². The third-order valence-electron chi connectivity index (χ3n) is 6.15. The Morgan fingerprint density at radius 1 is 1.03 bits per heavy atom. The third-order valence-corrected chi connectivity index (χ3v) is 6.15. The van der Waals surface area contributed by atoms with E-state index in [4.69, 9.17) is 10.8 Å². The molecule has 204 valence electrons. The highest BCUT2D eigenvalue weighted by Crippen LogP contribution is 2.20. The summed E-state index contributed by atoms with van der Waals surface area (Å²) in [6.07, 6.45) is 0.540. The van der Waals surface area contributed by atoms with Crippen LogP contribution >= 0.6 is 0 Å². The van der Waals surface area contributed by atoms with Crippen molar-refractivity contribution in [1.29, 1.82) is 0 Å². The maximum Gasteiger partial charge on any atom is 0.326 e. The first kappa shape index (κ1) is 29.6. The second-order valence-electron chi connectivity index (χ2n) is 9.69. The molecule has 12 nitrogen and oxygen atoms in total. The summed E-state index contributed by atoms with van der Waals surface area (Å²) in [6.45, 7) is 3.94. The highest BCUT2D eigenvalue weighted by molar-refractivity contribution is 5.94. The fraction of sp³-hybridized carbons (Fsp3) is 0.560. The molecular weight excluding hydrogens is 484 g/mol. The Bertz CT molecular complexity index is 981. The van der Waals surface area contributed by atoms with Gasteiger partial charge in [0.1, 0.15) is 23.9 Å². The SMILES string of the molecule is CC(C)CC(NC(=O)C(CCC(=O)O)NC(=O)C(N)Cc1ccc(O)cc1)C(=O)N1CCCC1C(=O)O.